The molecule has 0 bridgehead atoms. The van der Waals surface area contributed by atoms with Crippen LogP contribution in [0.2, 0.25) is 0 Å². The molecular formula is C13H15FKN2O4S. The first kappa shape index (κ1) is 18.1. The van der Waals surface area contributed by atoms with Gasteiger partial charge in [-0.1, -0.05) is 19.3 Å². The second kappa shape index (κ2) is 6.74. The number of hydrogen-bond donors (Lipinski definition) is 2. The minimum absolute atomic E-state index is 0. The van der Waals surface area contributed by atoms with Crippen LogP contribution in [-0.2, 0) is 21.4 Å². The first-order chi connectivity index (χ1) is 9.87. The maximum absolute atomic E-state index is 14.2. The van der Waals surface area contributed by atoms with Gasteiger partial charge in [-0.05, 0) is 30.0 Å². The molecule has 9 heteroatoms. The molecule has 0 unspecified atom stereocenters. The summed E-state index contributed by atoms with van der Waals surface area (Å²) in [6, 6.07) is 2.60. The number of rotatable bonds is 3. The van der Waals surface area contributed by atoms with Crippen LogP contribution < -0.4 is 9.03 Å². The quantitative estimate of drug-likeness (QED) is 0.782. The molecule has 1 aromatic carbocycles. The number of halogens is 1. The van der Waals surface area contributed by atoms with Gasteiger partial charge in [-0.15, -0.1) is 0 Å². The zero-order valence-electron chi connectivity index (χ0n) is 12.2. The summed E-state index contributed by atoms with van der Waals surface area (Å²) in [5.74, 6) is -1.57. The van der Waals surface area contributed by atoms with Gasteiger partial charge in [0.1, 0.15) is 18.0 Å². The predicted octanol–water partition coefficient (Wildman–Crippen LogP) is 0.674. The molecule has 1 radical (unpaired) electrons. The standard InChI is InChI=1S/C13H15FN2O4S.K/c14-10-5-9(4-8-2-1-3-8)6-11(17)13(10)16-7-12(18)15-21(16,19)20;/h5-6,8,17H,1-4,7H2,(H,15,18);. The van der Waals surface area contributed by atoms with Crippen LogP contribution >= 0.6 is 0 Å². The fourth-order valence-corrected chi connectivity index (χ4v) is 3.85. The van der Waals surface area contributed by atoms with Crippen LogP contribution in [-0.4, -0.2) is 77.4 Å². The summed E-state index contributed by atoms with van der Waals surface area (Å²) in [5.41, 5.74) is 0.153. The first-order valence-corrected chi connectivity index (χ1v) is 8.15. The molecule has 1 aliphatic heterocycles. The Hall–Kier alpha value is -0.194. The fourth-order valence-electron chi connectivity index (χ4n) is 2.68. The van der Waals surface area contributed by atoms with Crippen LogP contribution in [0.3, 0.4) is 0 Å². The van der Waals surface area contributed by atoms with Crippen LogP contribution in [0.4, 0.5) is 10.1 Å². The van der Waals surface area contributed by atoms with E-state index >= 15 is 0 Å². The van der Waals surface area contributed by atoms with Crippen molar-refractivity contribution in [1.82, 2.24) is 4.72 Å². The van der Waals surface area contributed by atoms with Gasteiger partial charge in [0, 0.05) is 51.4 Å². The Morgan fingerprint density at radius 1 is 1.36 bits per heavy atom. The van der Waals surface area contributed by atoms with Crippen molar-refractivity contribution >= 4 is 73.2 Å². The summed E-state index contributed by atoms with van der Waals surface area (Å²) in [5, 5.41) is 9.97. The number of phenols is 1. The van der Waals surface area contributed by atoms with Crippen molar-refractivity contribution < 1.29 is 22.7 Å². The van der Waals surface area contributed by atoms with Crippen molar-refractivity contribution in [1.29, 1.82) is 0 Å². The van der Waals surface area contributed by atoms with E-state index in [2.05, 4.69) is 0 Å². The molecule has 2 aliphatic rings. The van der Waals surface area contributed by atoms with E-state index in [0.717, 1.165) is 19.3 Å². The van der Waals surface area contributed by atoms with Gasteiger partial charge in [-0.3, -0.25) is 4.79 Å². The monoisotopic (exact) mass is 353 g/mol. The summed E-state index contributed by atoms with van der Waals surface area (Å²) in [6.45, 7) is -0.533. The molecule has 2 N–H and O–H groups in total. The smallest absolute Gasteiger partial charge is 0.326 e. The van der Waals surface area contributed by atoms with Crippen molar-refractivity contribution in [2.75, 3.05) is 10.8 Å². The molecule has 115 valence electrons. The SMILES string of the molecule is O=C1CN(c2c(O)cc(CC3CCC3)cc2F)S(=O)(=O)N1.[K]. The normalized spacial score (nSPS) is 20.2. The third-order valence-corrected chi connectivity index (χ3v) is 5.30. The molecule has 3 rings (SSSR count). The van der Waals surface area contributed by atoms with E-state index < -0.39 is 39.9 Å². The van der Waals surface area contributed by atoms with Crippen LogP contribution in [0.1, 0.15) is 24.8 Å². The number of amides is 1. The van der Waals surface area contributed by atoms with Crippen molar-refractivity contribution in [2.45, 2.75) is 25.7 Å². The molecule has 1 heterocycles. The summed E-state index contributed by atoms with van der Waals surface area (Å²) < 4.78 is 39.9. The molecule has 1 amide bonds. The molecule has 0 spiro atoms. The molecular weight excluding hydrogens is 338 g/mol. The number of phenolic OH excluding ortho intramolecular Hbond substituents is 1. The Morgan fingerprint density at radius 3 is 2.50 bits per heavy atom. The number of aromatic hydroxyl groups is 1. The average molecular weight is 353 g/mol. The minimum atomic E-state index is -4.13. The number of nitrogens with zero attached hydrogens (tertiary/aromatic N) is 1. The fraction of sp³-hybridized carbons (Fsp3) is 0.462. The van der Waals surface area contributed by atoms with Gasteiger partial charge >= 0.3 is 10.2 Å². The summed E-state index contributed by atoms with van der Waals surface area (Å²) in [4.78, 5) is 11.2. The van der Waals surface area contributed by atoms with E-state index in [1.54, 1.807) is 4.72 Å². The molecule has 1 aliphatic carbocycles. The molecule has 6 nitrogen and oxygen atoms in total. The number of carbonyl (C=O) groups is 1. The Balaban J connectivity index is 0.00000176. The van der Waals surface area contributed by atoms with Gasteiger partial charge in [-0.2, -0.15) is 8.42 Å². The van der Waals surface area contributed by atoms with Gasteiger partial charge in [0.25, 0.3) is 5.91 Å². The number of nitrogens with one attached hydrogen (secondary N) is 1. The van der Waals surface area contributed by atoms with E-state index in [9.17, 15) is 22.7 Å². The van der Waals surface area contributed by atoms with Crippen molar-refractivity contribution in [2.24, 2.45) is 5.92 Å². The van der Waals surface area contributed by atoms with Gasteiger partial charge in [0.15, 0.2) is 5.82 Å². The third kappa shape index (κ3) is 3.49. The van der Waals surface area contributed by atoms with Gasteiger partial charge in [0.05, 0.1) is 0 Å². The van der Waals surface area contributed by atoms with E-state index in [4.69, 9.17) is 0 Å². The van der Waals surface area contributed by atoms with E-state index in [1.165, 1.54) is 12.1 Å². The van der Waals surface area contributed by atoms with Crippen LogP contribution in [0.25, 0.3) is 0 Å². The molecule has 1 saturated heterocycles. The van der Waals surface area contributed by atoms with Gasteiger partial charge in [-0.25, -0.2) is 13.4 Å². The number of hydrogen-bond acceptors (Lipinski definition) is 4. The van der Waals surface area contributed by atoms with Gasteiger partial charge in [0.2, 0.25) is 0 Å². The third-order valence-electron chi connectivity index (χ3n) is 3.92. The summed E-state index contributed by atoms with van der Waals surface area (Å²) >= 11 is 0. The minimum Gasteiger partial charge on any atom is -0.506 e. The summed E-state index contributed by atoms with van der Waals surface area (Å²) in [6.07, 6.45) is 4.00. The van der Waals surface area contributed by atoms with Crippen LogP contribution in [0.15, 0.2) is 12.1 Å². The second-order valence-electron chi connectivity index (χ2n) is 5.48. The van der Waals surface area contributed by atoms with Crippen molar-refractivity contribution in [3.05, 3.63) is 23.5 Å². The van der Waals surface area contributed by atoms with E-state index in [0.29, 0.717) is 22.2 Å². The van der Waals surface area contributed by atoms with Crippen LogP contribution in [0.5, 0.6) is 5.75 Å². The number of anilines is 1. The van der Waals surface area contributed by atoms with E-state index in [-0.39, 0.29) is 51.4 Å². The zero-order valence-corrected chi connectivity index (χ0v) is 16.1. The Bertz CT molecular complexity index is 683. The van der Waals surface area contributed by atoms with Crippen molar-refractivity contribution in [3.8, 4) is 5.75 Å². The molecule has 1 saturated carbocycles. The van der Waals surface area contributed by atoms with Crippen molar-refractivity contribution in [3.63, 3.8) is 0 Å². The molecule has 0 atom stereocenters. The van der Waals surface area contributed by atoms with Crippen LogP contribution in [0, 0.1) is 11.7 Å². The second-order valence-corrected chi connectivity index (χ2v) is 7.08. The summed E-state index contributed by atoms with van der Waals surface area (Å²) in [7, 11) is -4.13. The molecule has 0 aromatic heterocycles. The Labute approximate surface area is 170 Å². The largest absolute Gasteiger partial charge is 0.506 e. The maximum atomic E-state index is 14.2. The maximum Gasteiger partial charge on any atom is 0.326 e. The molecule has 2 fully saturated rings. The predicted molar refractivity (Wildman–Crippen MR) is 79.3 cm³/mol. The molecule has 1 aromatic rings. The first-order valence-electron chi connectivity index (χ1n) is 6.71. The number of benzene rings is 1. The Kier molecular flexibility index (Phi) is 5.56. The number of carbonyl (C=O) groups excluding carboxylic acids is 1. The average Bonchev–Trinajstić information content (AvgIpc) is 2.57. The van der Waals surface area contributed by atoms with Gasteiger partial charge < -0.3 is 5.11 Å². The molecule has 22 heavy (non-hydrogen) atoms. The van der Waals surface area contributed by atoms with E-state index in [1.807, 2.05) is 0 Å². The topological polar surface area (TPSA) is 86.7 Å². The Morgan fingerprint density at radius 2 is 2.05 bits per heavy atom. The zero-order chi connectivity index (χ0) is 15.2.